The summed E-state index contributed by atoms with van der Waals surface area (Å²) in [6, 6.07) is 0. The highest BCUT2D eigenvalue weighted by Crippen LogP contribution is 2.35. The average molecular weight is 144 g/mol. The number of alkyl halides is 2. The Bertz CT molecular complexity index is 207. The van der Waals surface area contributed by atoms with Gasteiger partial charge in [0.1, 0.15) is 0 Å². The zero-order valence-electron chi connectivity index (χ0n) is 6.17. The van der Waals surface area contributed by atoms with Crippen LogP contribution in [0.25, 0.3) is 0 Å². The van der Waals surface area contributed by atoms with Crippen LogP contribution >= 0.6 is 0 Å². The molecule has 0 amide bonds. The van der Waals surface area contributed by atoms with Crippen molar-refractivity contribution in [3.05, 3.63) is 16.9 Å². The van der Waals surface area contributed by atoms with Gasteiger partial charge in [-0.2, -0.15) is 0 Å². The Hall–Kier alpha value is -0.620. The molecule has 0 aromatic rings. The van der Waals surface area contributed by atoms with Crippen LogP contribution in [-0.2, 0) is 0 Å². The summed E-state index contributed by atoms with van der Waals surface area (Å²) in [4.78, 5) is 0. The maximum Gasteiger partial charge on any atom is 0.276 e. The summed E-state index contributed by atoms with van der Waals surface area (Å²) in [6.07, 6.45) is 0.337. The Kier molecular flexibility index (Phi) is 1.65. The first kappa shape index (κ1) is 7.49. The van der Waals surface area contributed by atoms with Crippen LogP contribution in [0.2, 0.25) is 0 Å². The van der Waals surface area contributed by atoms with Gasteiger partial charge in [-0.05, 0) is 12.5 Å². The lowest BCUT2D eigenvalue weighted by Crippen LogP contribution is -2.20. The molecule has 1 aliphatic carbocycles. The summed E-state index contributed by atoms with van der Waals surface area (Å²) < 4.78 is 25.3. The minimum atomic E-state index is -2.60. The van der Waals surface area contributed by atoms with Crippen molar-refractivity contribution in [2.75, 3.05) is 0 Å². The molecular formula is C8H10F2. The molecule has 56 valence electrons. The third-order valence-electron chi connectivity index (χ3n) is 1.69. The van der Waals surface area contributed by atoms with Gasteiger partial charge in [0.25, 0.3) is 5.92 Å². The summed E-state index contributed by atoms with van der Waals surface area (Å²) in [6.45, 7) is 3.30. The molecule has 0 unspecified atom stereocenters. The van der Waals surface area contributed by atoms with Gasteiger partial charge in [-0.3, -0.25) is 0 Å². The van der Waals surface area contributed by atoms with E-state index in [1.165, 1.54) is 6.92 Å². The fourth-order valence-corrected chi connectivity index (χ4v) is 0.939. The van der Waals surface area contributed by atoms with Gasteiger partial charge in [0.05, 0.1) is 0 Å². The van der Waals surface area contributed by atoms with Crippen LogP contribution in [0, 0.1) is 0 Å². The van der Waals surface area contributed by atoms with Crippen molar-refractivity contribution in [3.63, 3.8) is 0 Å². The van der Waals surface area contributed by atoms with E-state index in [-0.39, 0.29) is 12.0 Å². The second-order valence-electron chi connectivity index (χ2n) is 2.62. The van der Waals surface area contributed by atoms with E-state index in [0.29, 0.717) is 6.42 Å². The van der Waals surface area contributed by atoms with Crippen molar-refractivity contribution in [1.82, 2.24) is 0 Å². The molecule has 0 bridgehead atoms. The molecule has 0 nitrogen and oxygen atoms in total. The molecule has 0 aliphatic heterocycles. The lowest BCUT2D eigenvalue weighted by atomic mass is 9.92. The van der Waals surface area contributed by atoms with Gasteiger partial charge < -0.3 is 0 Å². The summed E-state index contributed by atoms with van der Waals surface area (Å²) in [5, 5.41) is 0. The van der Waals surface area contributed by atoms with Crippen molar-refractivity contribution in [2.45, 2.75) is 32.6 Å². The topological polar surface area (TPSA) is 0 Å². The maximum atomic E-state index is 12.7. The van der Waals surface area contributed by atoms with E-state index in [2.05, 4.69) is 5.73 Å². The number of rotatable bonds is 2. The Morgan fingerprint density at radius 3 is 2.40 bits per heavy atom. The lowest BCUT2D eigenvalue weighted by molar-refractivity contribution is 0.0336. The summed E-state index contributed by atoms with van der Waals surface area (Å²) in [5.41, 5.74) is 3.72. The van der Waals surface area contributed by atoms with Gasteiger partial charge in [-0.1, -0.05) is 6.92 Å². The van der Waals surface area contributed by atoms with E-state index in [1.807, 2.05) is 6.92 Å². The lowest BCUT2D eigenvalue weighted by Gasteiger charge is -2.20. The van der Waals surface area contributed by atoms with Crippen LogP contribution < -0.4 is 0 Å². The first-order valence-electron chi connectivity index (χ1n) is 3.40. The first-order chi connectivity index (χ1) is 4.56. The van der Waals surface area contributed by atoms with E-state index in [4.69, 9.17) is 0 Å². The van der Waals surface area contributed by atoms with E-state index in [9.17, 15) is 8.78 Å². The highest BCUT2D eigenvalue weighted by molar-refractivity contribution is 5.29. The third-order valence-corrected chi connectivity index (χ3v) is 1.69. The minimum Gasteiger partial charge on any atom is -0.201 e. The fourth-order valence-electron chi connectivity index (χ4n) is 0.939. The first-order valence-corrected chi connectivity index (χ1v) is 3.40. The van der Waals surface area contributed by atoms with Crippen LogP contribution in [-0.4, -0.2) is 5.92 Å². The summed E-state index contributed by atoms with van der Waals surface area (Å²) in [7, 11) is 0. The normalized spacial score (nSPS) is 17.6. The molecule has 10 heavy (non-hydrogen) atoms. The molecule has 2 heteroatoms. The molecule has 0 atom stereocenters. The number of hydrogen-bond acceptors (Lipinski definition) is 0. The van der Waals surface area contributed by atoms with Crippen LogP contribution in [0.3, 0.4) is 0 Å². The van der Waals surface area contributed by atoms with Gasteiger partial charge >= 0.3 is 0 Å². The Morgan fingerprint density at radius 1 is 1.60 bits per heavy atom. The molecule has 0 saturated carbocycles. The Morgan fingerprint density at radius 2 is 2.10 bits per heavy atom. The van der Waals surface area contributed by atoms with Crippen LogP contribution in [0.4, 0.5) is 8.78 Å². The Labute approximate surface area is 59.2 Å². The standard InChI is InChI=1S/C8H10F2/c1-3-8(9,10)7-4-6(2)5-7/h3-4H2,1-2H3. The molecule has 0 saturated heterocycles. The molecule has 0 fully saturated rings. The summed E-state index contributed by atoms with van der Waals surface area (Å²) in [5.74, 6) is -2.60. The molecule has 0 N–H and O–H groups in total. The second-order valence-corrected chi connectivity index (χ2v) is 2.62. The van der Waals surface area contributed by atoms with Gasteiger partial charge in [-0.25, -0.2) is 8.78 Å². The number of halogens is 2. The molecule has 0 radical (unpaired) electrons. The predicted octanol–water partition coefficient (Wildman–Crippen LogP) is 2.91. The molecule has 0 aromatic carbocycles. The van der Waals surface area contributed by atoms with Crippen molar-refractivity contribution in [1.29, 1.82) is 0 Å². The zero-order chi connectivity index (χ0) is 7.78. The van der Waals surface area contributed by atoms with E-state index in [0.717, 1.165) is 5.57 Å². The van der Waals surface area contributed by atoms with Gasteiger partial charge in [0, 0.05) is 18.4 Å². The molecule has 0 spiro atoms. The van der Waals surface area contributed by atoms with Crippen LogP contribution in [0.15, 0.2) is 16.9 Å². The number of allylic oxidation sites excluding steroid dienone is 1. The molecule has 0 heterocycles. The molecule has 1 rings (SSSR count). The van der Waals surface area contributed by atoms with Crippen LogP contribution in [0.1, 0.15) is 26.7 Å². The van der Waals surface area contributed by atoms with E-state index < -0.39 is 5.92 Å². The van der Waals surface area contributed by atoms with Crippen molar-refractivity contribution in [3.8, 4) is 0 Å². The fraction of sp³-hybridized carbons (Fsp3) is 0.625. The monoisotopic (exact) mass is 144 g/mol. The highest BCUT2D eigenvalue weighted by Gasteiger charge is 2.34. The number of hydrogen-bond donors (Lipinski definition) is 0. The molecular weight excluding hydrogens is 134 g/mol. The highest BCUT2D eigenvalue weighted by atomic mass is 19.3. The van der Waals surface area contributed by atoms with Gasteiger partial charge in [0.15, 0.2) is 0 Å². The molecule has 1 aliphatic rings. The largest absolute Gasteiger partial charge is 0.276 e. The minimum absolute atomic E-state index is 0.109. The predicted molar refractivity (Wildman–Crippen MR) is 36.1 cm³/mol. The van der Waals surface area contributed by atoms with Crippen molar-refractivity contribution in [2.24, 2.45) is 0 Å². The molecule has 0 aromatic heterocycles. The van der Waals surface area contributed by atoms with Crippen molar-refractivity contribution < 1.29 is 8.78 Å². The van der Waals surface area contributed by atoms with E-state index in [1.54, 1.807) is 0 Å². The smallest absolute Gasteiger partial charge is 0.201 e. The third kappa shape index (κ3) is 1.12. The van der Waals surface area contributed by atoms with Crippen molar-refractivity contribution >= 4 is 0 Å². The summed E-state index contributed by atoms with van der Waals surface area (Å²) >= 11 is 0. The van der Waals surface area contributed by atoms with Gasteiger partial charge in [0.2, 0.25) is 0 Å². The quantitative estimate of drug-likeness (QED) is 0.523. The van der Waals surface area contributed by atoms with Gasteiger partial charge in [-0.15, -0.1) is 5.73 Å². The van der Waals surface area contributed by atoms with Crippen LogP contribution in [0.5, 0.6) is 0 Å². The zero-order valence-corrected chi connectivity index (χ0v) is 6.17. The maximum absolute atomic E-state index is 12.7. The SMILES string of the molecule is CCC(F)(F)C1=C=C(C)C1. The second kappa shape index (κ2) is 2.21. The average Bonchev–Trinajstić information content (AvgIpc) is 1.81. The van der Waals surface area contributed by atoms with E-state index >= 15 is 0 Å². The Balaban J connectivity index is 2.78.